The molecule has 2 rings (SSSR count). The number of nitrogens with one attached hydrogen (secondary N) is 1. The Hall–Kier alpha value is -1.74. The molecule has 0 unspecified atom stereocenters. The van der Waals surface area contributed by atoms with Crippen molar-refractivity contribution >= 4 is 17.4 Å². The number of carbonyl (C=O) groups is 1. The number of ether oxygens (including phenoxy) is 1. The predicted molar refractivity (Wildman–Crippen MR) is 62.2 cm³/mol. The summed E-state index contributed by atoms with van der Waals surface area (Å²) in [6.07, 6.45) is 3.35. The van der Waals surface area contributed by atoms with E-state index in [0.717, 1.165) is 0 Å². The third-order valence-corrected chi connectivity index (χ3v) is 2.50. The number of hydrogen-bond donors (Lipinski definition) is 1. The molecule has 82 valence electrons. The van der Waals surface area contributed by atoms with Crippen LogP contribution in [0.25, 0.3) is 0 Å². The average Bonchev–Trinajstić information content (AvgIpc) is 2.81. The third kappa shape index (κ3) is 1.95. The van der Waals surface area contributed by atoms with Gasteiger partial charge in [-0.05, 0) is 24.3 Å². The Bertz CT molecular complexity index is 506. The standard InChI is InChI=1S/C12H10ClNO2/c1-16-11-6-9(13)2-3-10(11)12(15)8-4-5-14-7-8/h2-7,14H,1H3. The number of H-pyrrole nitrogens is 1. The zero-order chi connectivity index (χ0) is 11.5. The highest BCUT2D eigenvalue weighted by Gasteiger charge is 2.14. The van der Waals surface area contributed by atoms with Crippen LogP contribution >= 0.6 is 11.6 Å². The minimum atomic E-state index is -0.0882. The monoisotopic (exact) mass is 235 g/mol. The van der Waals surface area contributed by atoms with Crippen LogP contribution in [0.2, 0.25) is 5.02 Å². The Morgan fingerprint density at radius 3 is 2.81 bits per heavy atom. The van der Waals surface area contributed by atoms with E-state index in [1.54, 1.807) is 36.7 Å². The smallest absolute Gasteiger partial charge is 0.198 e. The van der Waals surface area contributed by atoms with E-state index >= 15 is 0 Å². The van der Waals surface area contributed by atoms with Gasteiger partial charge in [0, 0.05) is 23.0 Å². The van der Waals surface area contributed by atoms with Gasteiger partial charge in [0.15, 0.2) is 5.78 Å². The number of methoxy groups -OCH3 is 1. The van der Waals surface area contributed by atoms with E-state index in [2.05, 4.69) is 4.98 Å². The van der Waals surface area contributed by atoms with E-state index in [-0.39, 0.29) is 5.78 Å². The van der Waals surface area contributed by atoms with Crippen LogP contribution < -0.4 is 4.74 Å². The number of ketones is 1. The number of hydrogen-bond acceptors (Lipinski definition) is 2. The Morgan fingerprint density at radius 1 is 1.38 bits per heavy atom. The number of aromatic nitrogens is 1. The largest absolute Gasteiger partial charge is 0.496 e. The first-order valence-corrected chi connectivity index (χ1v) is 5.11. The Morgan fingerprint density at radius 2 is 2.19 bits per heavy atom. The van der Waals surface area contributed by atoms with Gasteiger partial charge in [-0.2, -0.15) is 0 Å². The van der Waals surface area contributed by atoms with Gasteiger partial charge in [0.25, 0.3) is 0 Å². The maximum Gasteiger partial charge on any atom is 0.198 e. The lowest BCUT2D eigenvalue weighted by Gasteiger charge is -2.06. The average molecular weight is 236 g/mol. The van der Waals surface area contributed by atoms with Crippen molar-refractivity contribution in [2.24, 2.45) is 0 Å². The summed E-state index contributed by atoms with van der Waals surface area (Å²) >= 11 is 5.83. The molecule has 0 atom stereocenters. The van der Waals surface area contributed by atoms with Crippen molar-refractivity contribution in [2.45, 2.75) is 0 Å². The fourth-order valence-electron chi connectivity index (χ4n) is 1.47. The van der Waals surface area contributed by atoms with E-state index in [1.807, 2.05) is 0 Å². The van der Waals surface area contributed by atoms with Crippen molar-refractivity contribution < 1.29 is 9.53 Å². The zero-order valence-corrected chi connectivity index (χ0v) is 9.41. The molecule has 1 aromatic carbocycles. The molecule has 0 aliphatic heterocycles. The molecular formula is C12H10ClNO2. The number of rotatable bonds is 3. The molecule has 1 aromatic heterocycles. The normalized spacial score (nSPS) is 10.1. The van der Waals surface area contributed by atoms with Crippen molar-refractivity contribution in [3.05, 3.63) is 52.8 Å². The molecule has 0 amide bonds. The molecule has 1 N–H and O–H groups in total. The minimum Gasteiger partial charge on any atom is -0.496 e. The van der Waals surface area contributed by atoms with Gasteiger partial charge >= 0.3 is 0 Å². The van der Waals surface area contributed by atoms with Crippen molar-refractivity contribution in [3.8, 4) is 5.75 Å². The van der Waals surface area contributed by atoms with Crippen LogP contribution in [0.15, 0.2) is 36.7 Å². The highest BCUT2D eigenvalue weighted by atomic mass is 35.5. The number of halogens is 1. The first kappa shape index (κ1) is 10.8. The predicted octanol–water partition coefficient (Wildman–Crippen LogP) is 2.91. The molecule has 1 heterocycles. The first-order valence-electron chi connectivity index (χ1n) is 4.73. The topological polar surface area (TPSA) is 42.1 Å². The van der Waals surface area contributed by atoms with Gasteiger partial charge < -0.3 is 9.72 Å². The molecule has 2 aromatic rings. The number of carbonyl (C=O) groups excluding carboxylic acids is 1. The van der Waals surface area contributed by atoms with Crippen LogP contribution in [-0.2, 0) is 0 Å². The van der Waals surface area contributed by atoms with Crippen LogP contribution in [0.1, 0.15) is 15.9 Å². The maximum absolute atomic E-state index is 12.1. The number of aromatic amines is 1. The van der Waals surface area contributed by atoms with Crippen LogP contribution in [0, 0.1) is 0 Å². The zero-order valence-electron chi connectivity index (χ0n) is 8.66. The summed E-state index contributed by atoms with van der Waals surface area (Å²) in [5.41, 5.74) is 1.10. The van der Waals surface area contributed by atoms with E-state index in [0.29, 0.717) is 21.9 Å². The molecule has 0 spiro atoms. The van der Waals surface area contributed by atoms with Gasteiger partial charge in [0.2, 0.25) is 0 Å². The molecule has 3 nitrogen and oxygen atoms in total. The highest BCUT2D eigenvalue weighted by Crippen LogP contribution is 2.25. The lowest BCUT2D eigenvalue weighted by atomic mass is 10.1. The minimum absolute atomic E-state index is 0.0882. The molecule has 4 heteroatoms. The Balaban J connectivity index is 2.44. The number of benzene rings is 1. The summed E-state index contributed by atoms with van der Waals surface area (Å²) in [5, 5.41) is 0.544. The molecule has 0 saturated heterocycles. The van der Waals surface area contributed by atoms with Crippen LogP contribution in [0.4, 0.5) is 0 Å². The summed E-state index contributed by atoms with van der Waals surface area (Å²) in [7, 11) is 1.51. The van der Waals surface area contributed by atoms with Crippen LogP contribution in [-0.4, -0.2) is 17.9 Å². The van der Waals surface area contributed by atoms with Crippen molar-refractivity contribution in [1.29, 1.82) is 0 Å². The second-order valence-corrected chi connectivity index (χ2v) is 3.71. The first-order chi connectivity index (χ1) is 7.72. The molecule has 0 radical (unpaired) electrons. The molecule has 0 fully saturated rings. The van der Waals surface area contributed by atoms with E-state index in [4.69, 9.17) is 16.3 Å². The highest BCUT2D eigenvalue weighted by molar-refractivity contribution is 6.31. The van der Waals surface area contributed by atoms with Gasteiger partial charge in [0.05, 0.1) is 12.7 Å². The fourth-order valence-corrected chi connectivity index (χ4v) is 1.64. The Kier molecular flexibility index (Phi) is 2.97. The molecule has 0 bridgehead atoms. The summed E-state index contributed by atoms with van der Waals surface area (Å²) < 4.78 is 5.13. The van der Waals surface area contributed by atoms with Crippen molar-refractivity contribution in [2.75, 3.05) is 7.11 Å². The third-order valence-electron chi connectivity index (χ3n) is 2.27. The molecule has 0 aliphatic carbocycles. The van der Waals surface area contributed by atoms with Crippen molar-refractivity contribution in [1.82, 2.24) is 4.98 Å². The molecular weight excluding hydrogens is 226 g/mol. The van der Waals surface area contributed by atoms with Gasteiger partial charge in [-0.15, -0.1) is 0 Å². The fraction of sp³-hybridized carbons (Fsp3) is 0.0833. The summed E-state index contributed by atoms with van der Waals surface area (Å²) in [6.45, 7) is 0. The van der Waals surface area contributed by atoms with Crippen LogP contribution in [0.3, 0.4) is 0 Å². The van der Waals surface area contributed by atoms with Gasteiger partial charge in [-0.3, -0.25) is 4.79 Å². The van der Waals surface area contributed by atoms with Gasteiger partial charge in [0.1, 0.15) is 5.75 Å². The van der Waals surface area contributed by atoms with Crippen LogP contribution in [0.5, 0.6) is 5.75 Å². The van der Waals surface area contributed by atoms with E-state index < -0.39 is 0 Å². The lowest BCUT2D eigenvalue weighted by molar-refractivity contribution is 0.103. The second-order valence-electron chi connectivity index (χ2n) is 3.27. The molecule has 0 saturated carbocycles. The second kappa shape index (κ2) is 4.41. The summed E-state index contributed by atoms with van der Waals surface area (Å²) in [5.74, 6) is 0.397. The van der Waals surface area contributed by atoms with Crippen molar-refractivity contribution in [3.63, 3.8) is 0 Å². The summed E-state index contributed by atoms with van der Waals surface area (Å²) in [4.78, 5) is 14.9. The maximum atomic E-state index is 12.1. The van der Waals surface area contributed by atoms with Gasteiger partial charge in [-0.1, -0.05) is 11.6 Å². The van der Waals surface area contributed by atoms with Gasteiger partial charge in [-0.25, -0.2) is 0 Å². The quantitative estimate of drug-likeness (QED) is 0.832. The SMILES string of the molecule is COc1cc(Cl)ccc1C(=O)c1cc[nH]c1. The Labute approximate surface area is 98.0 Å². The molecule has 0 aliphatic rings. The summed E-state index contributed by atoms with van der Waals surface area (Å²) in [6, 6.07) is 6.68. The molecule has 16 heavy (non-hydrogen) atoms. The van der Waals surface area contributed by atoms with E-state index in [9.17, 15) is 4.79 Å². The lowest BCUT2D eigenvalue weighted by Crippen LogP contribution is -2.02. The van der Waals surface area contributed by atoms with E-state index in [1.165, 1.54) is 7.11 Å².